The molecule has 3 aliphatic rings. The lowest BCUT2D eigenvalue weighted by Gasteiger charge is -2.51. The third-order valence-electron chi connectivity index (χ3n) is 6.06. The van der Waals surface area contributed by atoms with Gasteiger partial charge in [0, 0.05) is 37.8 Å². The molecule has 0 amide bonds. The highest BCUT2D eigenvalue weighted by Crippen LogP contribution is 2.38. The first-order chi connectivity index (χ1) is 9.62. The summed E-state index contributed by atoms with van der Waals surface area (Å²) in [4.78, 5) is 5.56. The molecular formula is C17H33N3. The fourth-order valence-corrected chi connectivity index (χ4v) is 4.95. The van der Waals surface area contributed by atoms with Gasteiger partial charge in [-0.25, -0.2) is 0 Å². The molecule has 2 saturated heterocycles. The third-order valence-corrected chi connectivity index (χ3v) is 6.06. The normalized spacial score (nSPS) is 38.9. The van der Waals surface area contributed by atoms with E-state index >= 15 is 0 Å². The van der Waals surface area contributed by atoms with Gasteiger partial charge in [-0.3, -0.25) is 9.80 Å². The largest absolute Gasteiger partial charge is 0.312 e. The van der Waals surface area contributed by atoms with Crippen LogP contribution in [0, 0.1) is 5.41 Å². The van der Waals surface area contributed by atoms with Crippen LogP contribution < -0.4 is 5.32 Å². The predicted molar refractivity (Wildman–Crippen MR) is 85.1 cm³/mol. The van der Waals surface area contributed by atoms with E-state index in [0.717, 1.165) is 18.6 Å². The number of likely N-dealkylation sites (N-methyl/N-ethyl adjacent to an activating group) is 1. The summed E-state index contributed by atoms with van der Waals surface area (Å²) in [6.07, 6.45) is 7.03. The second kappa shape index (κ2) is 5.94. The van der Waals surface area contributed by atoms with Crippen LogP contribution in [-0.2, 0) is 0 Å². The van der Waals surface area contributed by atoms with Crippen LogP contribution in [0.25, 0.3) is 0 Å². The molecule has 0 spiro atoms. The van der Waals surface area contributed by atoms with Gasteiger partial charge in [0.15, 0.2) is 0 Å². The Balaban J connectivity index is 1.70. The predicted octanol–water partition coefficient (Wildman–Crippen LogP) is 2.32. The molecule has 3 rings (SSSR count). The molecule has 1 N–H and O–H groups in total. The van der Waals surface area contributed by atoms with Crippen LogP contribution in [0.2, 0.25) is 0 Å². The lowest BCUT2D eigenvalue weighted by Crippen LogP contribution is -2.63. The first-order valence-corrected chi connectivity index (χ1v) is 8.83. The maximum absolute atomic E-state index is 3.83. The Bertz CT molecular complexity index is 328. The van der Waals surface area contributed by atoms with E-state index in [2.05, 4.69) is 35.9 Å². The first-order valence-electron chi connectivity index (χ1n) is 8.83. The molecule has 1 aliphatic carbocycles. The van der Waals surface area contributed by atoms with Gasteiger partial charge in [0.05, 0.1) is 0 Å². The molecule has 3 unspecified atom stereocenters. The van der Waals surface area contributed by atoms with Crippen LogP contribution in [0.1, 0.15) is 52.9 Å². The zero-order valence-corrected chi connectivity index (χ0v) is 13.7. The molecule has 0 aromatic carbocycles. The molecule has 0 radical (unpaired) electrons. The van der Waals surface area contributed by atoms with Crippen molar-refractivity contribution in [1.29, 1.82) is 0 Å². The Hall–Kier alpha value is -0.120. The van der Waals surface area contributed by atoms with Crippen molar-refractivity contribution in [3.05, 3.63) is 0 Å². The van der Waals surface area contributed by atoms with E-state index in [1.54, 1.807) is 0 Å². The zero-order valence-electron chi connectivity index (χ0n) is 13.7. The monoisotopic (exact) mass is 279 g/mol. The van der Waals surface area contributed by atoms with Gasteiger partial charge in [-0.15, -0.1) is 0 Å². The van der Waals surface area contributed by atoms with Gasteiger partial charge in [0.25, 0.3) is 0 Å². The quantitative estimate of drug-likeness (QED) is 0.855. The summed E-state index contributed by atoms with van der Waals surface area (Å²) in [5, 5.41) is 3.83. The minimum atomic E-state index is 0.450. The number of nitrogens with zero attached hydrogens (tertiary/aromatic N) is 2. The summed E-state index contributed by atoms with van der Waals surface area (Å²) in [6.45, 7) is 13.6. The molecule has 0 aromatic rings. The highest BCUT2D eigenvalue weighted by molar-refractivity contribution is 5.00. The van der Waals surface area contributed by atoms with E-state index in [0.29, 0.717) is 11.5 Å². The van der Waals surface area contributed by atoms with Crippen LogP contribution in [0.4, 0.5) is 0 Å². The standard InChI is InChI=1S/C17H33N3/c1-4-18-16-15(8-5-9-17(16,2)3)20-12-11-19-10-6-7-14(19)13-20/h14-16,18H,4-13H2,1-3H3. The number of nitrogens with one attached hydrogen (secondary N) is 1. The lowest BCUT2D eigenvalue weighted by atomic mass is 9.70. The number of hydrogen-bond acceptors (Lipinski definition) is 3. The van der Waals surface area contributed by atoms with E-state index in [4.69, 9.17) is 0 Å². The molecule has 116 valence electrons. The first kappa shape index (κ1) is 14.8. The second-order valence-corrected chi connectivity index (χ2v) is 7.81. The van der Waals surface area contributed by atoms with E-state index in [9.17, 15) is 0 Å². The van der Waals surface area contributed by atoms with Crippen molar-refractivity contribution < 1.29 is 0 Å². The van der Waals surface area contributed by atoms with Gasteiger partial charge in [-0.2, -0.15) is 0 Å². The number of hydrogen-bond donors (Lipinski definition) is 1. The van der Waals surface area contributed by atoms with E-state index < -0.39 is 0 Å². The van der Waals surface area contributed by atoms with Crippen molar-refractivity contribution in [1.82, 2.24) is 15.1 Å². The van der Waals surface area contributed by atoms with Gasteiger partial charge in [-0.05, 0) is 44.2 Å². The van der Waals surface area contributed by atoms with Crippen molar-refractivity contribution >= 4 is 0 Å². The molecule has 20 heavy (non-hydrogen) atoms. The zero-order chi connectivity index (χ0) is 14.2. The summed E-state index contributed by atoms with van der Waals surface area (Å²) < 4.78 is 0. The molecule has 3 nitrogen and oxygen atoms in total. The van der Waals surface area contributed by atoms with Crippen LogP contribution in [-0.4, -0.2) is 60.6 Å². The van der Waals surface area contributed by atoms with Crippen LogP contribution >= 0.6 is 0 Å². The van der Waals surface area contributed by atoms with Crippen LogP contribution in [0.3, 0.4) is 0 Å². The fraction of sp³-hybridized carbons (Fsp3) is 1.00. The van der Waals surface area contributed by atoms with Crippen molar-refractivity contribution in [2.24, 2.45) is 5.41 Å². The number of rotatable bonds is 3. The second-order valence-electron chi connectivity index (χ2n) is 7.81. The Morgan fingerprint density at radius 3 is 2.65 bits per heavy atom. The summed E-state index contributed by atoms with van der Waals surface area (Å²) in [7, 11) is 0. The average molecular weight is 279 g/mol. The molecule has 3 fully saturated rings. The van der Waals surface area contributed by atoms with E-state index in [1.165, 1.54) is 58.3 Å². The minimum Gasteiger partial charge on any atom is -0.312 e. The van der Waals surface area contributed by atoms with Crippen LogP contribution in [0.15, 0.2) is 0 Å². The fourth-order valence-electron chi connectivity index (χ4n) is 4.95. The molecule has 2 heterocycles. The molecule has 0 aromatic heterocycles. The third kappa shape index (κ3) is 2.77. The van der Waals surface area contributed by atoms with Crippen molar-refractivity contribution in [2.75, 3.05) is 32.7 Å². The Labute approximate surface area is 125 Å². The summed E-state index contributed by atoms with van der Waals surface area (Å²) in [6, 6.07) is 2.30. The maximum Gasteiger partial charge on any atom is 0.0274 e. The highest BCUT2D eigenvalue weighted by Gasteiger charge is 2.43. The Morgan fingerprint density at radius 2 is 1.85 bits per heavy atom. The lowest BCUT2D eigenvalue weighted by molar-refractivity contribution is 0.00667. The minimum absolute atomic E-state index is 0.450. The van der Waals surface area contributed by atoms with Gasteiger partial charge in [0.2, 0.25) is 0 Å². The van der Waals surface area contributed by atoms with Crippen molar-refractivity contribution in [3.63, 3.8) is 0 Å². The number of piperazine rings is 1. The van der Waals surface area contributed by atoms with Gasteiger partial charge in [0.1, 0.15) is 0 Å². The summed E-state index contributed by atoms with van der Waals surface area (Å²) in [5.41, 5.74) is 0.450. The molecule has 2 aliphatic heterocycles. The maximum atomic E-state index is 3.83. The van der Waals surface area contributed by atoms with E-state index in [-0.39, 0.29) is 0 Å². The molecule has 0 bridgehead atoms. The Kier molecular flexibility index (Phi) is 4.40. The molecule has 3 atom stereocenters. The smallest absolute Gasteiger partial charge is 0.0274 e. The average Bonchev–Trinajstić information content (AvgIpc) is 2.88. The van der Waals surface area contributed by atoms with Crippen molar-refractivity contribution in [2.45, 2.75) is 71.0 Å². The summed E-state index contributed by atoms with van der Waals surface area (Å²) >= 11 is 0. The Morgan fingerprint density at radius 1 is 1.05 bits per heavy atom. The SMILES string of the molecule is CCNC1C(N2CCN3CCCC3C2)CCCC1(C)C. The molecule has 1 saturated carbocycles. The van der Waals surface area contributed by atoms with Gasteiger partial charge >= 0.3 is 0 Å². The molecular weight excluding hydrogens is 246 g/mol. The number of fused-ring (bicyclic) bond motifs is 1. The summed E-state index contributed by atoms with van der Waals surface area (Å²) in [5.74, 6) is 0. The van der Waals surface area contributed by atoms with Crippen molar-refractivity contribution in [3.8, 4) is 0 Å². The molecule has 3 heteroatoms. The van der Waals surface area contributed by atoms with E-state index in [1.807, 2.05) is 0 Å². The highest BCUT2D eigenvalue weighted by atomic mass is 15.3. The van der Waals surface area contributed by atoms with Gasteiger partial charge < -0.3 is 5.32 Å². The topological polar surface area (TPSA) is 18.5 Å². The van der Waals surface area contributed by atoms with Crippen LogP contribution in [0.5, 0.6) is 0 Å². The van der Waals surface area contributed by atoms with Gasteiger partial charge in [-0.1, -0.05) is 27.2 Å².